The van der Waals surface area contributed by atoms with Gasteiger partial charge in [0.05, 0.1) is 6.54 Å². The van der Waals surface area contributed by atoms with Crippen molar-refractivity contribution in [1.29, 1.82) is 0 Å². The van der Waals surface area contributed by atoms with Gasteiger partial charge >= 0.3 is 0 Å². The van der Waals surface area contributed by atoms with E-state index in [1.165, 1.54) is 5.56 Å². The highest BCUT2D eigenvalue weighted by atomic mass is 79.9. The van der Waals surface area contributed by atoms with Gasteiger partial charge in [-0.25, -0.2) is 4.98 Å². The van der Waals surface area contributed by atoms with Crippen molar-refractivity contribution in [3.63, 3.8) is 0 Å². The van der Waals surface area contributed by atoms with Gasteiger partial charge in [0.1, 0.15) is 5.82 Å². The lowest BCUT2D eigenvalue weighted by atomic mass is 10.3. The SMILES string of the molecule is C#CCN(CCC)c1cc(C)c(Br)cn1. The van der Waals surface area contributed by atoms with Gasteiger partial charge in [0, 0.05) is 17.2 Å². The number of halogens is 1. The average Bonchev–Trinajstić information content (AvgIpc) is 2.22. The van der Waals surface area contributed by atoms with E-state index in [9.17, 15) is 0 Å². The number of hydrogen-bond acceptors (Lipinski definition) is 2. The lowest BCUT2D eigenvalue weighted by Crippen LogP contribution is -2.25. The zero-order chi connectivity index (χ0) is 11.3. The van der Waals surface area contributed by atoms with Crippen molar-refractivity contribution >= 4 is 21.7 Å². The second-order valence-electron chi connectivity index (χ2n) is 3.42. The molecule has 80 valence electrons. The zero-order valence-corrected chi connectivity index (χ0v) is 10.7. The highest BCUT2D eigenvalue weighted by Crippen LogP contribution is 2.19. The smallest absolute Gasteiger partial charge is 0.129 e. The van der Waals surface area contributed by atoms with Crippen LogP contribution in [0.4, 0.5) is 5.82 Å². The monoisotopic (exact) mass is 266 g/mol. The summed E-state index contributed by atoms with van der Waals surface area (Å²) in [7, 11) is 0. The van der Waals surface area contributed by atoms with Gasteiger partial charge < -0.3 is 4.90 Å². The largest absolute Gasteiger partial charge is 0.345 e. The summed E-state index contributed by atoms with van der Waals surface area (Å²) in [5, 5.41) is 0. The van der Waals surface area contributed by atoms with E-state index in [0.29, 0.717) is 6.54 Å². The highest BCUT2D eigenvalue weighted by molar-refractivity contribution is 9.10. The first-order valence-electron chi connectivity index (χ1n) is 4.99. The molecular weight excluding hydrogens is 252 g/mol. The number of pyridine rings is 1. The van der Waals surface area contributed by atoms with E-state index in [-0.39, 0.29) is 0 Å². The summed E-state index contributed by atoms with van der Waals surface area (Å²) in [6.45, 7) is 5.74. The van der Waals surface area contributed by atoms with E-state index < -0.39 is 0 Å². The molecule has 0 amide bonds. The van der Waals surface area contributed by atoms with Crippen LogP contribution >= 0.6 is 15.9 Å². The fraction of sp³-hybridized carbons (Fsp3) is 0.417. The third kappa shape index (κ3) is 3.24. The molecule has 0 saturated heterocycles. The average molecular weight is 267 g/mol. The summed E-state index contributed by atoms with van der Waals surface area (Å²) in [5.74, 6) is 3.61. The number of nitrogens with zero attached hydrogens (tertiary/aromatic N) is 2. The van der Waals surface area contributed by atoms with Gasteiger partial charge in [0.15, 0.2) is 0 Å². The van der Waals surface area contributed by atoms with Crippen LogP contribution in [-0.4, -0.2) is 18.1 Å². The molecular formula is C12H15BrN2. The molecule has 0 bridgehead atoms. The maximum absolute atomic E-state index is 5.34. The summed E-state index contributed by atoms with van der Waals surface area (Å²) in [5.41, 5.74) is 1.18. The van der Waals surface area contributed by atoms with Gasteiger partial charge in [0.2, 0.25) is 0 Å². The minimum Gasteiger partial charge on any atom is -0.345 e. The number of rotatable bonds is 4. The Morgan fingerprint density at radius 3 is 2.87 bits per heavy atom. The molecule has 1 aromatic heterocycles. The van der Waals surface area contributed by atoms with Crippen molar-refractivity contribution < 1.29 is 0 Å². The number of anilines is 1. The third-order valence-corrected chi connectivity index (χ3v) is 2.96. The molecule has 0 saturated carbocycles. The van der Waals surface area contributed by atoms with Gasteiger partial charge in [-0.15, -0.1) is 6.42 Å². The van der Waals surface area contributed by atoms with Crippen molar-refractivity contribution in [2.24, 2.45) is 0 Å². The fourth-order valence-electron chi connectivity index (χ4n) is 1.35. The van der Waals surface area contributed by atoms with Crippen LogP contribution in [0.2, 0.25) is 0 Å². The molecule has 0 atom stereocenters. The van der Waals surface area contributed by atoms with Gasteiger partial charge in [-0.3, -0.25) is 0 Å². The highest BCUT2D eigenvalue weighted by Gasteiger charge is 2.06. The van der Waals surface area contributed by atoms with Gasteiger partial charge in [0.25, 0.3) is 0 Å². The van der Waals surface area contributed by atoms with E-state index in [4.69, 9.17) is 6.42 Å². The van der Waals surface area contributed by atoms with Crippen molar-refractivity contribution in [3.8, 4) is 12.3 Å². The predicted octanol–water partition coefficient (Wildman–Crippen LogP) is 3.00. The Balaban J connectivity index is 2.91. The Hall–Kier alpha value is -1.01. The molecule has 0 aromatic carbocycles. The van der Waals surface area contributed by atoms with Crippen LogP contribution in [0.5, 0.6) is 0 Å². The molecule has 0 N–H and O–H groups in total. The minimum atomic E-state index is 0.613. The maximum atomic E-state index is 5.34. The summed E-state index contributed by atoms with van der Waals surface area (Å²) in [4.78, 5) is 6.47. The van der Waals surface area contributed by atoms with Crippen LogP contribution < -0.4 is 4.90 Å². The maximum Gasteiger partial charge on any atom is 0.129 e. The molecule has 0 aliphatic rings. The fourth-order valence-corrected chi connectivity index (χ4v) is 1.57. The normalized spacial score (nSPS) is 9.73. The van der Waals surface area contributed by atoms with Crippen molar-refractivity contribution in [2.75, 3.05) is 18.0 Å². The Morgan fingerprint density at radius 2 is 2.33 bits per heavy atom. The zero-order valence-electron chi connectivity index (χ0n) is 9.13. The molecule has 0 radical (unpaired) electrons. The van der Waals surface area contributed by atoms with Crippen molar-refractivity contribution in [2.45, 2.75) is 20.3 Å². The van der Waals surface area contributed by atoms with Crippen LogP contribution in [0.3, 0.4) is 0 Å². The Kier molecular flexibility index (Phi) is 4.64. The van der Waals surface area contributed by atoms with Gasteiger partial charge in [-0.1, -0.05) is 12.8 Å². The van der Waals surface area contributed by atoms with Gasteiger partial charge in [-0.2, -0.15) is 0 Å². The first-order valence-corrected chi connectivity index (χ1v) is 5.79. The molecule has 0 aliphatic carbocycles. The lowest BCUT2D eigenvalue weighted by Gasteiger charge is -2.20. The van der Waals surface area contributed by atoms with E-state index in [2.05, 4.69) is 51.6 Å². The molecule has 0 spiro atoms. The Labute approximate surface area is 99.8 Å². The molecule has 0 fully saturated rings. The molecule has 1 aromatic rings. The number of hydrogen-bond donors (Lipinski definition) is 0. The van der Waals surface area contributed by atoms with Crippen molar-refractivity contribution in [3.05, 3.63) is 22.3 Å². The quantitative estimate of drug-likeness (QED) is 0.779. The molecule has 1 heterocycles. The van der Waals surface area contributed by atoms with E-state index >= 15 is 0 Å². The van der Waals surface area contributed by atoms with Gasteiger partial charge in [-0.05, 0) is 40.9 Å². The third-order valence-electron chi connectivity index (χ3n) is 2.13. The number of aromatic nitrogens is 1. The summed E-state index contributed by atoms with van der Waals surface area (Å²) in [6.07, 6.45) is 8.23. The predicted molar refractivity (Wildman–Crippen MR) is 68.0 cm³/mol. The van der Waals surface area contributed by atoms with E-state index in [1.807, 2.05) is 6.20 Å². The van der Waals surface area contributed by atoms with Crippen molar-refractivity contribution in [1.82, 2.24) is 4.98 Å². The summed E-state index contributed by atoms with van der Waals surface area (Å²) < 4.78 is 1.03. The second-order valence-corrected chi connectivity index (χ2v) is 4.27. The molecule has 2 nitrogen and oxygen atoms in total. The molecule has 1 rings (SSSR count). The number of aryl methyl sites for hydroxylation is 1. The molecule has 0 aliphatic heterocycles. The lowest BCUT2D eigenvalue weighted by molar-refractivity contribution is 0.808. The standard InChI is InChI=1S/C12H15BrN2/c1-4-6-15(7-5-2)12-8-10(3)11(13)9-14-12/h1,8-9H,5-7H2,2-3H3. The molecule has 3 heteroatoms. The van der Waals surface area contributed by atoms with Crippen LogP contribution in [0.25, 0.3) is 0 Å². The first kappa shape index (κ1) is 12.1. The van der Waals surface area contributed by atoms with Crippen LogP contribution in [0.15, 0.2) is 16.7 Å². The Morgan fingerprint density at radius 1 is 1.60 bits per heavy atom. The number of terminal acetylenes is 1. The van der Waals surface area contributed by atoms with E-state index in [1.54, 1.807) is 0 Å². The van der Waals surface area contributed by atoms with Crippen LogP contribution in [0, 0.1) is 19.3 Å². The second kappa shape index (κ2) is 5.77. The van der Waals surface area contributed by atoms with Crippen LogP contribution in [-0.2, 0) is 0 Å². The summed E-state index contributed by atoms with van der Waals surface area (Å²) in [6, 6.07) is 2.05. The minimum absolute atomic E-state index is 0.613. The first-order chi connectivity index (χ1) is 7.19. The Bertz CT molecular complexity index is 368. The van der Waals surface area contributed by atoms with Crippen LogP contribution in [0.1, 0.15) is 18.9 Å². The topological polar surface area (TPSA) is 16.1 Å². The van der Waals surface area contributed by atoms with E-state index in [0.717, 1.165) is 23.3 Å². The summed E-state index contributed by atoms with van der Waals surface area (Å²) >= 11 is 3.44. The molecule has 0 unspecified atom stereocenters. The molecule has 15 heavy (non-hydrogen) atoms.